The Morgan fingerprint density at radius 1 is 1.13 bits per heavy atom. The molecule has 118 valence electrons. The van der Waals surface area contributed by atoms with E-state index in [1.807, 2.05) is 6.07 Å². The molecule has 7 heteroatoms. The van der Waals surface area contributed by atoms with Crippen molar-refractivity contribution in [3.05, 3.63) is 48.5 Å². The average Bonchev–Trinajstić information content (AvgIpc) is 2.81. The van der Waals surface area contributed by atoms with Gasteiger partial charge in [-0.25, -0.2) is 0 Å². The summed E-state index contributed by atoms with van der Waals surface area (Å²) in [6.07, 6.45) is 0. The quantitative estimate of drug-likeness (QED) is 0.739. The van der Waals surface area contributed by atoms with E-state index in [4.69, 9.17) is 12.2 Å². The summed E-state index contributed by atoms with van der Waals surface area (Å²) in [7, 11) is 0. The van der Waals surface area contributed by atoms with Crippen LogP contribution >= 0.6 is 24.0 Å². The predicted molar refractivity (Wildman–Crippen MR) is 96.2 cm³/mol. The van der Waals surface area contributed by atoms with Crippen LogP contribution in [0.2, 0.25) is 0 Å². The summed E-state index contributed by atoms with van der Waals surface area (Å²) in [5.74, 6) is 0.209. The largest absolute Gasteiger partial charge is 0.508 e. The van der Waals surface area contributed by atoms with Crippen LogP contribution in [0.4, 0.5) is 11.4 Å². The van der Waals surface area contributed by atoms with Crippen molar-refractivity contribution in [3.63, 3.8) is 0 Å². The Hall–Kier alpha value is -2.25. The van der Waals surface area contributed by atoms with Gasteiger partial charge in [0.05, 0.1) is 5.69 Å². The first-order valence-electron chi connectivity index (χ1n) is 6.91. The van der Waals surface area contributed by atoms with Crippen LogP contribution in [0, 0.1) is 0 Å². The number of phenolic OH excluding ortho intramolecular Hbond substituents is 2. The van der Waals surface area contributed by atoms with Crippen molar-refractivity contribution in [2.45, 2.75) is 5.25 Å². The lowest BCUT2D eigenvalue weighted by Crippen LogP contribution is -2.33. The molecule has 0 bridgehead atoms. The molecule has 1 aliphatic rings. The first-order chi connectivity index (χ1) is 11.0. The minimum Gasteiger partial charge on any atom is -0.508 e. The fourth-order valence-corrected chi connectivity index (χ4v) is 3.71. The van der Waals surface area contributed by atoms with Crippen LogP contribution < -0.4 is 10.2 Å². The van der Waals surface area contributed by atoms with E-state index in [0.717, 1.165) is 5.69 Å². The van der Waals surface area contributed by atoms with Gasteiger partial charge in [-0.3, -0.25) is 9.69 Å². The van der Waals surface area contributed by atoms with E-state index in [0.29, 0.717) is 16.6 Å². The Balaban J connectivity index is 1.70. The molecule has 0 saturated carbocycles. The zero-order chi connectivity index (χ0) is 16.4. The number of amides is 1. The number of hydrogen-bond acceptors (Lipinski definition) is 6. The molecule has 1 saturated heterocycles. The average molecular weight is 346 g/mol. The summed E-state index contributed by atoms with van der Waals surface area (Å²) < 4.78 is 0.489. The van der Waals surface area contributed by atoms with Crippen LogP contribution in [-0.2, 0) is 4.79 Å². The van der Waals surface area contributed by atoms with Crippen LogP contribution in [0.5, 0.6) is 11.5 Å². The smallest absolute Gasteiger partial charge is 0.247 e. The molecule has 1 amide bonds. The van der Waals surface area contributed by atoms with Crippen molar-refractivity contribution >= 4 is 45.6 Å². The van der Waals surface area contributed by atoms with Gasteiger partial charge in [-0.05, 0) is 36.4 Å². The van der Waals surface area contributed by atoms with E-state index >= 15 is 0 Å². The Labute approximate surface area is 142 Å². The highest BCUT2D eigenvalue weighted by Gasteiger charge is 2.37. The van der Waals surface area contributed by atoms with Crippen molar-refractivity contribution in [3.8, 4) is 11.5 Å². The molecule has 1 atom stereocenters. The third kappa shape index (κ3) is 3.40. The molecule has 1 fully saturated rings. The Bertz CT molecular complexity index is 749. The Morgan fingerprint density at radius 3 is 2.57 bits per heavy atom. The van der Waals surface area contributed by atoms with E-state index in [-0.39, 0.29) is 22.7 Å². The van der Waals surface area contributed by atoms with Crippen molar-refractivity contribution in [1.29, 1.82) is 0 Å². The van der Waals surface area contributed by atoms with Crippen molar-refractivity contribution < 1.29 is 15.0 Å². The SMILES string of the molecule is O=C1C(CNc2cccc(O)c2)SC(=S)N1c1ccc(O)cc1. The predicted octanol–water partition coefficient (Wildman–Crippen LogP) is 2.94. The van der Waals surface area contributed by atoms with Crippen LogP contribution in [0.3, 0.4) is 0 Å². The number of carbonyl (C=O) groups excluding carboxylic acids is 1. The van der Waals surface area contributed by atoms with Crippen LogP contribution in [0.1, 0.15) is 0 Å². The van der Waals surface area contributed by atoms with Gasteiger partial charge in [0.2, 0.25) is 5.91 Å². The summed E-state index contributed by atoms with van der Waals surface area (Å²) >= 11 is 6.62. The highest BCUT2D eigenvalue weighted by molar-refractivity contribution is 8.25. The molecule has 23 heavy (non-hydrogen) atoms. The second-order valence-electron chi connectivity index (χ2n) is 4.99. The van der Waals surface area contributed by atoms with Crippen molar-refractivity contribution in [1.82, 2.24) is 0 Å². The minimum atomic E-state index is -0.335. The molecule has 3 rings (SSSR count). The summed E-state index contributed by atoms with van der Waals surface area (Å²) in [4.78, 5) is 14.0. The molecule has 2 aromatic rings. The molecule has 1 unspecified atom stereocenters. The lowest BCUT2D eigenvalue weighted by molar-refractivity contribution is -0.116. The highest BCUT2D eigenvalue weighted by Crippen LogP contribution is 2.33. The van der Waals surface area contributed by atoms with E-state index in [2.05, 4.69) is 5.32 Å². The monoisotopic (exact) mass is 346 g/mol. The van der Waals surface area contributed by atoms with Crippen molar-refractivity contribution in [2.24, 2.45) is 0 Å². The summed E-state index contributed by atoms with van der Waals surface area (Å²) in [5, 5.41) is 21.6. The molecule has 0 spiro atoms. The highest BCUT2D eigenvalue weighted by atomic mass is 32.2. The molecule has 1 aliphatic heterocycles. The zero-order valence-corrected chi connectivity index (χ0v) is 13.6. The number of nitrogens with one attached hydrogen (secondary N) is 1. The number of nitrogens with zero attached hydrogens (tertiary/aromatic N) is 1. The molecule has 0 aliphatic carbocycles. The number of thioether (sulfide) groups is 1. The van der Waals surface area contributed by atoms with Gasteiger partial charge in [0, 0.05) is 18.3 Å². The van der Waals surface area contributed by atoms with Gasteiger partial charge in [0.1, 0.15) is 21.1 Å². The summed E-state index contributed by atoms with van der Waals surface area (Å²) in [5.41, 5.74) is 1.39. The first-order valence-corrected chi connectivity index (χ1v) is 8.20. The number of benzene rings is 2. The maximum absolute atomic E-state index is 12.6. The Kier molecular flexibility index (Phi) is 4.40. The number of rotatable bonds is 4. The molecule has 5 nitrogen and oxygen atoms in total. The van der Waals surface area contributed by atoms with Crippen LogP contribution in [-0.4, -0.2) is 32.2 Å². The molecule has 0 aromatic heterocycles. The molecule has 3 N–H and O–H groups in total. The van der Waals surface area contributed by atoms with Gasteiger partial charge < -0.3 is 15.5 Å². The van der Waals surface area contributed by atoms with Gasteiger partial charge in [-0.2, -0.15) is 0 Å². The molecule has 0 radical (unpaired) electrons. The number of carbonyl (C=O) groups is 1. The van der Waals surface area contributed by atoms with Crippen molar-refractivity contribution in [2.75, 3.05) is 16.8 Å². The molecule has 2 aromatic carbocycles. The van der Waals surface area contributed by atoms with Gasteiger partial charge in [0.15, 0.2) is 0 Å². The lowest BCUT2D eigenvalue weighted by Gasteiger charge is -2.16. The Morgan fingerprint density at radius 2 is 1.87 bits per heavy atom. The zero-order valence-electron chi connectivity index (χ0n) is 12.0. The summed E-state index contributed by atoms with van der Waals surface area (Å²) in [6.45, 7) is 0.404. The first kappa shape index (κ1) is 15.6. The minimum absolute atomic E-state index is 0.0988. The summed E-state index contributed by atoms with van der Waals surface area (Å²) in [6, 6.07) is 13.1. The number of anilines is 2. The van der Waals surface area contributed by atoms with Crippen LogP contribution in [0.15, 0.2) is 48.5 Å². The lowest BCUT2D eigenvalue weighted by atomic mass is 10.2. The third-order valence-corrected chi connectivity index (χ3v) is 4.88. The fraction of sp³-hybridized carbons (Fsp3) is 0.125. The third-order valence-electron chi connectivity index (χ3n) is 3.37. The van der Waals surface area contributed by atoms with E-state index in [1.165, 1.54) is 28.8 Å². The van der Waals surface area contributed by atoms with Gasteiger partial charge in [-0.1, -0.05) is 30.0 Å². The second kappa shape index (κ2) is 6.47. The normalized spacial score (nSPS) is 17.6. The standard InChI is InChI=1S/C16H14N2O3S2/c19-12-6-4-11(5-7-12)18-15(21)14(23-16(18)22)9-17-10-2-1-3-13(20)8-10/h1-8,14,17,19-20H,9H2. The molecule has 1 heterocycles. The topological polar surface area (TPSA) is 72.8 Å². The van der Waals surface area contributed by atoms with E-state index < -0.39 is 0 Å². The van der Waals surface area contributed by atoms with Gasteiger partial charge in [-0.15, -0.1) is 0 Å². The van der Waals surface area contributed by atoms with E-state index in [9.17, 15) is 15.0 Å². The van der Waals surface area contributed by atoms with Gasteiger partial charge >= 0.3 is 0 Å². The number of aromatic hydroxyl groups is 2. The maximum atomic E-state index is 12.6. The van der Waals surface area contributed by atoms with Gasteiger partial charge in [0.25, 0.3) is 0 Å². The van der Waals surface area contributed by atoms with Crippen LogP contribution in [0.25, 0.3) is 0 Å². The second-order valence-corrected chi connectivity index (χ2v) is 6.83. The fourth-order valence-electron chi connectivity index (χ4n) is 2.25. The number of phenols is 2. The molecular formula is C16H14N2O3S2. The maximum Gasteiger partial charge on any atom is 0.247 e. The molecular weight excluding hydrogens is 332 g/mol. The number of hydrogen-bond donors (Lipinski definition) is 3. The number of thiocarbonyl (C=S) groups is 1. The van der Waals surface area contributed by atoms with E-state index in [1.54, 1.807) is 30.3 Å².